The highest BCUT2D eigenvalue weighted by atomic mass is 28.4. The highest BCUT2D eigenvalue weighted by Gasteiger charge is 2.97. The molecule has 0 fully saturated rings. The largest absolute Gasteiger partial charge is 0.783 e. The van der Waals surface area contributed by atoms with Crippen LogP contribution in [-0.4, -0.2) is 86.1 Å². The summed E-state index contributed by atoms with van der Waals surface area (Å²) in [6.07, 6.45) is -14.8. The molecule has 0 spiro atoms. The van der Waals surface area contributed by atoms with Gasteiger partial charge in [0.1, 0.15) is 0 Å². The zero-order valence-corrected chi connectivity index (χ0v) is 21.1. The zero-order chi connectivity index (χ0) is 35.4. The van der Waals surface area contributed by atoms with Crippen molar-refractivity contribution in [2.45, 2.75) is 80.1 Å². The van der Waals surface area contributed by atoms with E-state index in [9.17, 15) is 102 Å². The molecule has 0 aliphatic heterocycles. The minimum absolute atomic E-state index is 0.0570. The van der Waals surface area contributed by atoms with Crippen LogP contribution in [0.3, 0.4) is 0 Å². The number of hydrogen-bond acceptors (Lipinski definition) is 6. The molecule has 1 atom stereocenters. The molecule has 0 heterocycles. The van der Waals surface area contributed by atoms with Crippen molar-refractivity contribution in [3.8, 4) is 0 Å². The second-order valence-corrected chi connectivity index (χ2v) is 10.3. The van der Waals surface area contributed by atoms with Gasteiger partial charge in [-0.15, -0.1) is 0 Å². The summed E-state index contributed by atoms with van der Waals surface area (Å²) in [5, 5.41) is 0. The van der Waals surface area contributed by atoms with Gasteiger partial charge >= 0.3 is 62.0 Å². The highest BCUT2D eigenvalue weighted by Crippen LogP contribution is 2.65. The quantitative estimate of drug-likeness (QED) is 0.180. The third-order valence-corrected chi connectivity index (χ3v) is 7.36. The van der Waals surface area contributed by atoms with E-state index in [2.05, 4.69) is 13.3 Å². The van der Waals surface area contributed by atoms with E-state index < -0.39 is 86.1 Å². The monoisotopic (exact) mass is 706 g/mol. The van der Waals surface area contributed by atoms with E-state index in [-0.39, 0.29) is 20.8 Å². The Morgan fingerprint density at radius 3 is 0.930 bits per heavy atom. The molecule has 27 heteroatoms. The van der Waals surface area contributed by atoms with E-state index in [1.807, 2.05) is 0 Å². The van der Waals surface area contributed by atoms with Crippen LogP contribution in [0.25, 0.3) is 0 Å². The predicted molar refractivity (Wildman–Crippen MR) is 91.6 cm³/mol. The summed E-state index contributed by atoms with van der Waals surface area (Å²) < 4.78 is 281. The molecule has 0 radical (unpaired) electrons. The van der Waals surface area contributed by atoms with Crippen LogP contribution in [0.1, 0.15) is 20.8 Å². The van der Waals surface area contributed by atoms with Gasteiger partial charge in [-0.2, -0.15) is 83.4 Å². The van der Waals surface area contributed by atoms with Gasteiger partial charge in [0.05, 0.1) is 0 Å². The molecular weight excluding hydrogens is 696 g/mol. The molecule has 254 valence electrons. The standard InChI is InChI=1S/C16H10F20O6Si/c1-4(37)40-43(41-5(2)38,42-6(3)39)9(20,21)7(17)8(18,19)10(22,23)11(24,25)12(26,27)13(28,29)14(30,31)15(32,33)16(34,35)36/h7H,1-3H3. The van der Waals surface area contributed by atoms with Crippen molar-refractivity contribution in [1.82, 2.24) is 0 Å². The van der Waals surface area contributed by atoms with E-state index in [0.29, 0.717) is 0 Å². The minimum atomic E-state index is -9.23. The van der Waals surface area contributed by atoms with Gasteiger partial charge < -0.3 is 13.3 Å². The predicted octanol–water partition coefficient (Wildman–Crippen LogP) is 6.14. The van der Waals surface area contributed by atoms with Gasteiger partial charge in [0.2, 0.25) is 6.17 Å². The van der Waals surface area contributed by atoms with Crippen molar-refractivity contribution in [2.24, 2.45) is 0 Å². The lowest BCUT2D eigenvalue weighted by atomic mass is 9.88. The zero-order valence-electron chi connectivity index (χ0n) is 20.1. The van der Waals surface area contributed by atoms with Gasteiger partial charge in [0.25, 0.3) is 17.9 Å². The Morgan fingerprint density at radius 1 is 0.465 bits per heavy atom. The maximum absolute atomic E-state index is 14.8. The molecule has 0 amide bonds. The van der Waals surface area contributed by atoms with E-state index in [4.69, 9.17) is 0 Å². The van der Waals surface area contributed by atoms with Crippen molar-refractivity contribution in [3.05, 3.63) is 0 Å². The molecule has 0 rings (SSSR count). The molecule has 43 heavy (non-hydrogen) atoms. The number of carbonyl (C=O) groups excluding carboxylic acids is 3. The van der Waals surface area contributed by atoms with E-state index in [1.54, 1.807) is 0 Å². The Labute approximate surface area is 223 Å². The Kier molecular flexibility index (Phi) is 10.3. The van der Waals surface area contributed by atoms with Gasteiger partial charge in [-0.1, -0.05) is 0 Å². The molecule has 0 saturated carbocycles. The second-order valence-electron chi connectivity index (χ2n) is 7.89. The van der Waals surface area contributed by atoms with Crippen molar-refractivity contribution in [3.63, 3.8) is 0 Å². The average molecular weight is 706 g/mol. The molecule has 0 aromatic carbocycles. The van der Waals surface area contributed by atoms with Crippen LogP contribution in [0.15, 0.2) is 0 Å². The van der Waals surface area contributed by atoms with Crippen LogP contribution in [0.4, 0.5) is 87.8 Å². The first-order valence-corrected chi connectivity index (χ1v) is 11.4. The molecule has 6 nitrogen and oxygen atoms in total. The average Bonchev–Trinajstić information content (AvgIpc) is 2.75. The van der Waals surface area contributed by atoms with Crippen LogP contribution >= 0.6 is 0 Å². The summed E-state index contributed by atoms with van der Waals surface area (Å²) in [7, 11) is -7.68. The normalized spacial score (nSPS) is 16.0. The van der Waals surface area contributed by atoms with Crippen LogP contribution < -0.4 is 0 Å². The maximum atomic E-state index is 14.8. The third-order valence-electron chi connectivity index (χ3n) is 4.63. The molecule has 0 N–H and O–H groups in total. The van der Waals surface area contributed by atoms with Gasteiger partial charge in [0, 0.05) is 20.8 Å². The van der Waals surface area contributed by atoms with E-state index in [1.165, 1.54) is 0 Å². The third kappa shape index (κ3) is 5.87. The summed E-state index contributed by atoms with van der Waals surface area (Å²) in [5.74, 6) is -69.3. The number of rotatable bonds is 12. The van der Waals surface area contributed by atoms with Crippen molar-refractivity contribution >= 4 is 26.7 Å². The maximum Gasteiger partial charge on any atom is 0.783 e. The van der Waals surface area contributed by atoms with Crippen molar-refractivity contribution < 1.29 is 115 Å². The molecule has 0 aromatic rings. The van der Waals surface area contributed by atoms with E-state index in [0.717, 1.165) is 0 Å². The molecular formula is C16H10F20O6Si. The molecule has 0 aromatic heterocycles. The van der Waals surface area contributed by atoms with Gasteiger partial charge in [-0.05, 0) is 0 Å². The first-order chi connectivity index (χ1) is 18.4. The first kappa shape index (κ1) is 40.2. The Hall–Kier alpha value is -2.77. The lowest BCUT2D eigenvalue weighted by Crippen LogP contribution is -2.77. The fraction of sp³-hybridized carbons (Fsp3) is 0.812. The van der Waals surface area contributed by atoms with Crippen LogP contribution in [0.2, 0.25) is 0 Å². The molecule has 0 saturated heterocycles. The molecule has 0 aliphatic rings. The Bertz CT molecular complexity index is 1040. The minimum Gasteiger partial charge on any atom is -0.452 e. The van der Waals surface area contributed by atoms with Crippen molar-refractivity contribution in [1.29, 1.82) is 0 Å². The van der Waals surface area contributed by atoms with Crippen molar-refractivity contribution in [2.75, 3.05) is 0 Å². The molecule has 1 unspecified atom stereocenters. The summed E-state index contributed by atoms with van der Waals surface area (Å²) in [6.45, 7) is -0.171. The van der Waals surface area contributed by atoms with Crippen LogP contribution in [0.5, 0.6) is 0 Å². The Balaban J connectivity index is 7.41. The number of halogens is 20. The lowest BCUT2D eigenvalue weighted by Gasteiger charge is -2.44. The van der Waals surface area contributed by atoms with Crippen LogP contribution in [-0.2, 0) is 27.7 Å². The molecule has 0 aliphatic carbocycles. The Morgan fingerprint density at radius 2 is 0.698 bits per heavy atom. The SMILES string of the molecule is CC(=O)O[Si](OC(C)=O)(OC(C)=O)C(F)(F)C(F)C(F)(F)C(F)(F)C(F)(F)C(F)(F)C(F)(F)C(F)(F)C(F)(F)C(F)(F)F. The number of hydrogen-bond donors (Lipinski definition) is 0. The first-order valence-electron chi connectivity index (χ1n) is 9.72. The fourth-order valence-electron chi connectivity index (χ4n) is 2.55. The summed E-state index contributed by atoms with van der Waals surface area (Å²) in [5.41, 5.74) is -7.08. The number of carbonyl (C=O) groups is 3. The summed E-state index contributed by atoms with van der Waals surface area (Å²) >= 11 is 0. The van der Waals surface area contributed by atoms with Gasteiger partial charge in [-0.25, -0.2) is 4.39 Å². The van der Waals surface area contributed by atoms with Gasteiger partial charge in [-0.3, -0.25) is 14.4 Å². The fourth-order valence-corrected chi connectivity index (χ4v) is 4.71. The molecule has 0 bridgehead atoms. The van der Waals surface area contributed by atoms with Crippen LogP contribution in [0, 0.1) is 0 Å². The number of alkyl halides is 20. The van der Waals surface area contributed by atoms with E-state index >= 15 is 0 Å². The smallest absolute Gasteiger partial charge is 0.452 e. The highest BCUT2D eigenvalue weighted by molar-refractivity contribution is 6.68. The summed E-state index contributed by atoms with van der Waals surface area (Å²) in [6, 6.07) is 0. The second kappa shape index (κ2) is 11.0. The summed E-state index contributed by atoms with van der Waals surface area (Å²) in [4.78, 5) is 33.3. The van der Waals surface area contributed by atoms with Gasteiger partial charge in [0.15, 0.2) is 0 Å². The topological polar surface area (TPSA) is 78.9 Å². The lowest BCUT2D eigenvalue weighted by molar-refractivity contribution is -0.464.